The first-order valence-corrected chi connectivity index (χ1v) is 13.3. The van der Waals surface area contributed by atoms with Crippen molar-refractivity contribution in [1.29, 1.82) is 0 Å². The highest BCUT2D eigenvalue weighted by molar-refractivity contribution is 7.90. The molecule has 34 heavy (non-hydrogen) atoms. The van der Waals surface area contributed by atoms with Crippen LogP contribution in [0.15, 0.2) is 53.7 Å². The summed E-state index contributed by atoms with van der Waals surface area (Å²) in [7, 11) is -3.59. The van der Waals surface area contributed by atoms with Crippen LogP contribution in [0.25, 0.3) is 12.2 Å². The highest BCUT2D eigenvalue weighted by atomic mass is 35.5. The number of rotatable bonds is 7. The van der Waals surface area contributed by atoms with Crippen LogP contribution in [0.1, 0.15) is 48.2 Å². The summed E-state index contributed by atoms with van der Waals surface area (Å²) < 4.78 is 25.5. The molecule has 0 amide bonds. The summed E-state index contributed by atoms with van der Waals surface area (Å²) in [6.07, 6.45) is 11.5. The molecule has 1 fully saturated rings. The first kappa shape index (κ1) is 24.3. The maximum absolute atomic E-state index is 12.7. The Morgan fingerprint density at radius 1 is 1.06 bits per heavy atom. The van der Waals surface area contributed by atoms with Gasteiger partial charge in [0.25, 0.3) is 0 Å². The second kappa shape index (κ2) is 10.6. The van der Waals surface area contributed by atoms with E-state index >= 15 is 0 Å². The normalized spacial score (nSPS) is 18.8. The molecule has 1 saturated carbocycles. The molecular weight excluding hydrogens is 470 g/mol. The highest BCUT2D eigenvalue weighted by Crippen LogP contribution is 2.24. The van der Waals surface area contributed by atoms with E-state index in [4.69, 9.17) is 17.3 Å². The summed E-state index contributed by atoms with van der Waals surface area (Å²) in [4.78, 5) is 13.4. The molecule has 0 aliphatic heterocycles. The number of halogens is 1. The third-order valence-electron chi connectivity index (χ3n) is 5.93. The molecule has 0 unspecified atom stereocenters. The third-order valence-corrected chi connectivity index (χ3v) is 8.07. The number of nitrogens with zero attached hydrogens (tertiary/aromatic N) is 3. The van der Waals surface area contributed by atoms with Crippen molar-refractivity contribution < 1.29 is 8.42 Å². The summed E-state index contributed by atoms with van der Waals surface area (Å²) in [5.74, 6) is 0.413. The highest BCUT2D eigenvalue weighted by Gasteiger charge is 2.20. The Bertz CT molecular complexity index is 1270. The average molecular weight is 498 g/mol. The Hall–Kier alpha value is -2.81. The number of benzene rings is 1. The van der Waals surface area contributed by atoms with Crippen LogP contribution in [0.2, 0.25) is 5.02 Å². The fraction of sp³-hybridized carbons (Fsp3) is 0.320. The van der Waals surface area contributed by atoms with Gasteiger partial charge in [0.2, 0.25) is 5.95 Å². The SMILES string of the molecule is Cc1nc(CS(=O)(=O)c2ccccc2Cl)ccc1/C=C/c1cnc(NC2CCC(N)CC2)nc1. The average Bonchev–Trinajstić information content (AvgIpc) is 2.81. The number of nitrogens with two attached hydrogens (primary N) is 1. The van der Waals surface area contributed by atoms with E-state index in [2.05, 4.69) is 20.3 Å². The van der Waals surface area contributed by atoms with Gasteiger partial charge in [-0.1, -0.05) is 42.0 Å². The fourth-order valence-corrected chi connectivity index (χ4v) is 5.83. The Labute approximate surface area is 205 Å². The molecule has 0 saturated heterocycles. The second-order valence-corrected chi connectivity index (χ2v) is 11.0. The number of anilines is 1. The lowest BCUT2D eigenvalue weighted by molar-refractivity contribution is 0.410. The van der Waals surface area contributed by atoms with E-state index < -0.39 is 9.84 Å². The lowest BCUT2D eigenvalue weighted by Crippen LogP contribution is -2.33. The monoisotopic (exact) mass is 497 g/mol. The van der Waals surface area contributed by atoms with Crippen molar-refractivity contribution >= 4 is 39.5 Å². The zero-order valence-electron chi connectivity index (χ0n) is 19.0. The van der Waals surface area contributed by atoms with Crippen LogP contribution in [0.5, 0.6) is 0 Å². The van der Waals surface area contributed by atoms with E-state index in [1.54, 1.807) is 36.7 Å². The largest absolute Gasteiger partial charge is 0.351 e. The van der Waals surface area contributed by atoms with E-state index in [9.17, 15) is 8.42 Å². The number of hydrogen-bond donors (Lipinski definition) is 2. The van der Waals surface area contributed by atoms with Gasteiger partial charge in [0.1, 0.15) is 0 Å². The van der Waals surface area contributed by atoms with Gasteiger partial charge in [0, 0.05) is 35.7 Å². The fourth-order valence-electron chi connectivity index (χ4n) is 3.98. The first-order valence-electron chi connectivity index (χ1n) is 11.3. The quantitative estimate of drug-likeness (QED) is 0.488. The minimum atomic E-state index is -3.59. The van der Waals surface area contributed by atoms with Gasteiger partial charge in [-0.15, -0.1) is 0 Å². The number of aryl methyl sites for hydroxylation is 1. The number of hydrogen-bond acceptors (Lipinski definition) is 7. The van der Waals surface area contributed by atoms with Crippen molar-refractivity contribution in [3.63, 3.8) is 0 Å². The van der Waals surface area contributed by atoms with Gasteiger partial charge in [0.15, 0.2) is 9.84 Å². The van der Waals surface area contributed by atoms with Crippen molar-refractivity contribution in [1.82, 2.24) is 15.0 Å². The second-order valence-electron chi connectivity index (χ2n) is 8.60. The molecule has 178 valence electrons. The number of pyridine rings is 1. The Morgan fingerprint density at radius 3 is 2.44 bits per heavy atom. The molecule has 9 heteroatoms. The minimum absolute atomic E-state index is 0.116. The Morgan fingerprint density at radius 2 is 1.76 bits per heavy atom. The van der Waals surface area contributed by atoms with Gasteiger partial charge < -0.3 is 11.1 Å². The first-order chi connectivity index (χ1) is 16.3. The maximum atomic E-state index is 12.7. The van der Waals surface area contributed by atoms with Crippen molar-refractivity contribution in [2.75, 3.05) is 5.32 Å². The van der Waals surface area contributed by atoms with Crippen LogP contribution < -0.4 is 11.1 Å². The number of aromatic nitrogens is 3. The molecule has 1 aliphatic carbocycles. The van der Waals surface area contributed by atoms with Crippen LogP contribution in [0.3, 0.4) is 0 Å². The van der Waals surface area contributed by atoms with E-state index in [1.807, 2.05) is 25.1 Å². The van der Waals surface area contributed by atoms with Crippen molar-refractivity contribution in [3.05, 3.63) is 76.3 Å². The summed E-state index contributed by atoms with van der Waals surface area (Å²) in [5.41, 5.74) is 8.92. The lowest BCUT2D eigenvalue weighted by Gasteiger charge is -2.26. The minimum Gasteiger partial charge on any atom is -0.351 e. The van der Waals surface area contributed by atoms with E-state index in [0.717, 1.165) is 42.5 Å². The molecule has 0 atom stereocenters. The molecule has 0 radical (unpaired) electrons. The van der Waals surface area contributed by atoms with Gasteiger partial charge in [-0.05, 0) is 56.4 Å². The Balaban J connectivity index is 1.39. The van der Waals surface area contributed by atoms with Crippen LogP contribution >= 0.6 is 11.6 Å². The lowest BCUT2D eigenvalue weighted by atomic mass is 9.92. The van der Waals surface area contributed by atoms with Crippen LogP contribution in [-0.2, 0) is 15.6 Å². The molecule has 3 aromatic rings. The maximum Gasteiger partial charge on any atom is 0.222 e. The van der Waals surface area contributed by atoms with Gasteiger partial charge >= 0.3 is 0 Å². The molecule has 0 bridgehead atoms. The van der Waals surface area contributed by atoms with Crippen LogP contribution in [-0.4, -0.2) is 35.5 Å². The molecule has 0 spiro atoms. The number of sulfone groups is 1. The summed E-state index contributed by atoms with van der Waals surface area (Å²) >= 11 is 6.07. The van der Waals surface area contributed by atoms with Crippen molar-refractivity contribution in [2.45, 2.75) is 55.3 Å². The zero-order valence-corrected chi connectivity index (χ0v) is 20.6. The molecular formula is C25H28ClN5O2S. The predicted octanol–water partition coefficient (Wildman–Crippen LogP) is 4.66. The molecule has 2 heterocycles. The molecule has 1 aromatic carbocycles. The summed E-state index contributed by atoms with van der Waals surface area (Å²) in [6.45, 7) is 1.85. The van der Waals surface area contributed by atoms with Crippen molar-refractivity contribution in [2.24, 2.45) is 5.73 Å². The molecule has 1 aliphatic rings. The standard InChI is InChI=1S/C25H28ClN5O2S/c1-17-19(8-11-22(30-17)16-34(32,33)24-5-3-2-4-23(24)26)7-6-18-14-28-25(29-15-18)31-21-12-9-20(27)10-13-21/h2-8,11,14-15,20-21H,9-10,12-13,16,27H2,1H3,(H,28,29,31)/b7-6+. The van der Waals surface area contributed by atoms with Gasteiger partial charge in [-0.3, -0.25) is 4.98 Å². The van der Waals surface area contributed by atoms with Crippen LogP contribution in [0, 0.1) is 6.92 Å². The van der Waals surface area contributed by atoms with Crippen LogP contribution in [0.4, 0.5) is 5.95 Å². The summed E-state index contributed by atoms with van der Waals surface area (Å²) in [5, 5.41) is 3.60. The van der Waals surface area contributed by atoms with E-state index in [1.165, 1.54) is 6.07 Å². The summed E-state index contributed by atoms with van der Waals surface area (Å²) in [6, 6.07) is 10.7. The topological polar surface area (TPSA) is 111 Å². The molecule has 4 rings (SSSR count). The molecule has 7 nitrogen and oxygen atoms in total. The predicted molar refractivity (Wildman–Crippen MR) is 136 cm³/mol. The smallest absolute Gasteiger partial charge is 0.222 e. The third kappa shape index (κ3) is 6.20. The van der Waals surface area contributed by atoms with Gasteiger partial charge in [-0.25, -0.2) is 18.4 Å². The Kier molecular flexibility index (Phi) is 7.60. The van der Waals surface area contributed by atoms with Crippen molar-refractivity contribution in [3.8, 4) is 0 Å². The van der Waals surface area contributed by atoms with E-state index in [0.29, 0.717) is 23.7 Å². The van der Waals surface area contributed by atoms with Gasteiger partial charge in [-0.2, -0.15) is 0 Å². The van der Waals surface area contributed by atoms with Gasteiger partial charge in [0.05, 0.1) is 21.4 Å². The molecule has 2 aromatic heterocycles. The number of nitrogens with one attached hydrogen (secondary N) is 1. The van der Waals surface area contributed by atoms with E-state index in [-0.39, 0.29) is 15.7 Å². The zero-order chi connectivity index (χ0) is 24.1. The molecule has 3 N–H and O–H groups in total.